The van der Waals surface area contributed by atoms with Gasteiger partial charge in [-0.15, -0.1) is 0 Å². The molecule has 4 rings (SSSR count). The van der Waals surface area contributed by atoms with Crippen molar-refractivity contribution in [1.82, 2.24) is 4.98 Å². The standard InChI is InChI=1S/C24H19N3O/c1-16-7-2-4-10-20(16)18-13-19(15-27-14-18)23(25)28-24(26)22-12-6-9-17-8-3-5-11-21(17)22/h2-15,25-26H,1H3. The van der Waals surface area contributed by atoms with Crippen LogP contribution in [0.4, 0.5) is 0 Å². The maximum atomic E-state index is 8.36. The predicted octanol–water partition coefficient (Wildman–Crippen LogP) is 5.58. The molecule has 0 saturated carbocycles. The number of ether oxygens (including phenoxy) is 1. The summed E-state index contributed by atoms with van der Waals surface area (Å²) in [6, 6.07) is 23.5. The highest BCUT2D eigenvalue weighted by Gasteiger charge is 2.13. The van der Waals surface area contributed by atoms with Gasteiger partial charge in [-0.2, -0.15) is 0 Å². The molecule has 0 atom stereocenters. The molecule has 0 aliphatic carbocycles. The molecule has 4 aromatic rings. The summed E-state index contributed by atoms with van der Waals surface area (Å²) in [5.74, 6) is -0.149. The third kappa shape index (κ3) is 3.40. The van der Waals surface area contributed by atoms with E-state index in [2.05, 4.69) is 4.98 Å². The first-order valence-electron chi connectivity index (χ1n) is 8.98. The van der Waals surface area contributed by atoms with Gasteiger partial charge >= 0.3 is 0 Å². The minimum atomic E-state index is -0.0964. The molecule has 4 nitrogen and oxygen atoms in total. The summed E-state index contributed by atoms with van der Waals surface area (Å²) in [5.41, 5.74) is 4.31. The van der Waals surface area contributed by atoms with Gasteiger partial charge in [0.25, 0.3) is 0 Å². The second-order valence-electron chi connectivity index (χ2n) is 6.56. The van der Waals surface area contributed by atoms with Gasteiger partial charge in [0, 0.05) is 23.5 Å². The number of benzene rings is 3. The van der Waals surface area contributed by atoms with E-state index in [1.165, 1.54) is 0 Å². The van der Waals surface area contributed by atoms with Crippen LogP contribution in [-0.4, -0.2) is 16.8 Å². The van der Waals surface area contributed by atoms with Crippen LogP contribution in [0.1, 0.15) is 16.7 Å². The normalized spacial score (nSPS) is 10.6. The molecule has 28 heavy (non-hydrogen) atoms. The van der Waals surface area contributed by atoms with Crippen molar-refractivity contribution in [3.63, 3.8) is 0 Å². The molecule has 2 N–H and O–H groups in total. The summed E-state index contributed by atoms with van der Waals surface area (Å²) in [5, 5.41) is 18.6. The molecule has 1 aromatic heterocycles. The van der Waals surface area contributed by atoms with Crippen LogP contribution in [-0.2, 0) is 4.74 Å². The van der Waals surface area contributed by atoms with Gasteiger partial charge in [-0.1, -0.05) is 60.7 Å². The average Bonchev–Trinajstić information content (AvgIpc) is 2.73. The Morgan fingerprint density at radius 3 is 2.43 bits per heavy atom. The van der Waals surface area contributed by atoms with Crippen LogP contribution in [0.3, 0.4) is 0 Å². The second kappa shape index (κ2) is 7.45. The summed E-state index contributed by atoms with van der Waals surface area (Å²) in [6.45, 7) is 2.04. The molecule has 0 fully saturated rings. The Hall–Kier alpha value is -3.79. The van der Waals surface area contributed by atoms with E-state index in [4.69, 9.17) is 15.6 Å². The van der Waals surface area contributed by atoms with E-state index in [9.17, 15) is 0 Å². The first-order chi connectivity index (χ1) is 13.6. The quantitative estimate of drug-likeness (QED) is 0.368. The Labute approximate surface area is 163 Å². The Kier molecular flexibility index (Phi) is 4.68. The molecule has 0 unspecified atom stereocenters. The molecule has 4 heteroatoms. The number of rotatable bonds is 3. The van der Waals surface area contributed by atoms with Gasteiger partial charge in [0.05, 0.1) is 5.56 Å². The summed E-state index contributed by atoms with van der Waals surface area (Å²) >= 11 is 0. The lowest BCUT2D eigenvalue weighted by Gasteiger charge is -2.12. The number of hydrogen-bond acceptors (Lipinski definition) is 4. The first-order valence-corrected chi connectivity index (χ1v) is 8.98. The average molecular weight is 365 g/mol. The molecule has 1 heterocycles. The van der Waals surface area contributed by atoms with E-state index < -0.39 is 0 Å². The summed E-state index contributed by atoms with van der Waals surface area (Å²) in [6.07, 6.45) is 3.36. The summed E-state index contributed by atoms with van der Waals surface area (Å²) in [4.78, 5) is 4.26. The molecular formula is C24H19N3O. The predicted molar refractivity (Wildman–Crippen MR) is 113 cm³/mol. The van der Waals surface area contributed by atoms with Crippen molar-refractivity contribution in [3.8, 4) is 11.1 Å². The molecule has 0 bridgehead atoms. The van der Waals surface area contributed by atoms with Crippen molar-refractivity contribution >= 4 is 22.6 Å². The second-order valence-corrected chi connectivity index (χ2v) is 6.56. The van der Waals surface area contributed by atoms with Crippen molar-refractivity contribution in [2.24, 2.45) is 0 Å². The van der Waals surface area contributed by atoms with Crippen LogP contribution in [0.15, 0.2) is 85.2 Å². The fraction of sp³-hybridized carbons (Fsp3) is 0.0417. The summed E-state index contributed by atoms with van der Waals surface area (Å²) < 4.78 is 5.58. The van der Waals surface area contributed by atoms with Gasteiger partial charge in [-0.3, -0.25) is 15.8 Å². The van der Waals surface area contributed by atoms with Crippen LogP contribution < -0.4 is 0 Å². The smallest absolute Gasteiger partial charge is 0.222 e. The molecule has 0 radical (unpaired) electrons. The lowest BCUT2D eigenvalue weighted by molar-refractivity contribution is 0.538. The zero-order valence-electron chi connectivity index (χ0n) is 15.4. The number of hydrogen-bond donors (Lipinski definition) is 2. The van der Waals surface area contributed by atoms with E-state index in [0.717, 1.165) is 27.5 Å². The fourth-order valence-corrected chi connectivity index (χ4v) is 3.25. The Bertz CT molecular complexity index is 1190. The molecule has 136 valence electrons. The highest BCUT2D eigenvalue weighted by atomic mass is 16.5. The van der Waals surface area contributed by atoms with Gasteiger partial charge < -0.3 is 4.74 Å². The van der Waals surface area contributed by atoms with Crippen LogP contribution >= 0.6 is 0 Å². The molecule has 0 saturated heterocycles. The van der Waals surface area contributed by atoms with Crippen LogP contribution in [0.25, 0.3) is 21.9 Å². The van der Waals surface area contributed by atoms with Gasteiger partial charge in [-0.25, -0.2) is 0 Å². The van der Waals surface area contributed by atoms with Crippen LogP contribution in [0, 0.1) is 17.7 Å². The molecule has 0 aliphatic rings. The molecular weight excluding hydrogens is 346 g/mol. The van der Waals surface area contributed by atoms with Gasteiger partial charge in [0.15, 0.2) is 0 Å². The van der Waals surface area contributed by atoms with Crippen molar-refractivity contribution < 1.29 is 4.74 Å². The minimum absolute atomic E-state index is 0.0527. The van der Waals surface area contributed by atoms with E-state index in [0.29, 0.717) is 11.1 Å². The van der Waals surface area contributed by atoms with E-state index >= 15 is 0 Å². The zero-order valence-corrected chi connectivity index (χ0v) is 15.4. The van der Waals surface area contributed by atoms with Gasteiger partial charge in [0.2, 0.25) is 11.8 Å². The van der Waals surface area contributed by atoms with E-state index in [1.807, 2.05) is 79.7 Å². The maximum Gasteiger partial charge on any atom is 0.222 e. The molecule has 0 amide bonds. The van der Waals surface area contributed by atoms with Crippen LogP contribution in [0.2, 0.25) is 0 Å². The van der Waals surface area contributed by atoms with Gasteiger partial charge in [-0.05, 0) is 41.0 Å². The number of nitrogens with zero attached hydrogens (tertiary/aromatic N) is 1. The zero-order chi connectivity index (χ0) is 19.5. The number of aromatic nitrogens is 1. The minimum Gasteiger partial charge on any atom is -0.421 e. The summed E-state index contributed by atoms with van der Waals surface area (Å²) in [7, 11) is 0. The lowest BCUT2D eigenvalue weighted by atomic mass is 10.0. The molecule has 0 spiro atoms. The Morgan fingerprint density at radius 1 is 0.821 bits per heavy atom. The number of pyridine rings is 1. The van der Waals surface area contributed by atoms with Crippen molar-refractivity contribution in [2.45, 2.75) is 6.92 Å². The van der Waals surface area contributed by atoms with Crippen molar-refractivity contribution in [2.75, 3.05) is 0 Å². The van der Waals surface area contributed by atoms with E-state index in [-0.39, 0.29) is 11.8 Å². The monoisotopic (exact) mass is 365 g/mol. The Morgan fingerprint density at radius 2 is 1.57 bits per heavy atom. The van der Waals surface area contributed by atoms with E-state index in [1.54, 1.807) is 12.4 Å². The third-order valence-corrected chi connectivity index (χ3v) is 4.69. The van der Waals surface area contributed by atoms with Crippen molar-refractivity contribution in [3.05, 3.63) is 102 Å². The topological polar surface area (TPSA) is 69.8 Å². The Balaban J connectivity index is 1.61. The van der Waals surface area contributed by atoms with Crippen LogP contribution in [0.5, 0.6) is 0 Å². The number of nitrogens with one attached hydrogen (secondary N) is 2. The lowest BCUT2D eigenvalue weighted by Crippen LogP contribution is -2.13. The largest absolute Gasteiger partial charge is 0.421 e. The highest BCUT2D eigenvalue weighted by Crippen LogP contribution is 2.24. The SMILES string of the molecule is Cc1ccccc1-c1cncc(C(=N)OC(=N)c2cccc3ccccc23)c1. The molecule has 3 aromatic carbocycles. The fourth-order valence-electron chi connectivity index (χ4n) is 3.25. The number of fused-ring (bicyclic) bond motifs is 1. The first kappa shape index (κ1) is 17.6. The third-order valence-electron chi connectivity index (χ3n) is 4.69. The van der Waals surface area contributed by atoms with Crippen molar-refractivity contribution in [1.29, 1.82) is 10.8 Å². The maximum absolute atomic E-state index is 8.36. The number of aryl methyl sites for hydroxylation is 1. The van der Waals surface area contributed by atoms with Gasteiger partial charge in [0.1, 0.15) is 0 Å². The molecule has 0 aliphatic heterocycles. The highest BCUT2D eigenvalue weighted by molar-refractivity contribution is 6.11.